The Morgan fingerprint density at radius 1 is 1.53 bits per heavy atom. The number of nitrogens with zero attached hydrogens (tertiary/aromatic N) is 3. The molecule has 1 aliphatic heterocycles. The number of carbonyl (C=O) groups is 1. The summed E-state index contributed by atoms with van der Waals surface area (Å²) in [5.41, 5.74) is -2.92. The van der Waals surface area contributed by atoms with Gasteiger partial charge in [0, 0.05) is 6.20 Å². The van der Waals surface area contributed by atoms with E-state index in [2.05, 4.69) is 37.0 Å². The van der Waals surface area contributed by atoms with Gasteiger partial charge in [0.1, 0.15) is 19.4 Å². The van der Waals surface area contributed by atoms with E-state index in [4.69, 9.17) is 10.5 Å². The van der Waals surface area contributed by atoms with Crippen LogP contribution in [0.5, 0.6) is 0 Å². The number of amides is 1. The largest absolute Gasteiger partial charge is 0.414 e. The van der Waals surface area contributed by atoms with Gasteiger partial charge in [0.15, 0.2) is 20.1 Å². The van der Waals surface area contributed by atoms with Crippen LogP contribution in [0.2, 0.25) is 18.1 Å². The monoisotopic (exact) mass is 467 g/mol. The highest BCUT2D eigenvalue weighted by atomic mass is 28.4. The van der Waals surface area contributed by atoms with Gasteiger partial charge < -0.3 is 29.6 Å². The Balaban J connectivity index is 2.28. The van der Waals surface area contributed by atoms with Gasteiger partial charge in [-0.25, -0.2) is 4.79 Å². The van der Waals surface area contributed by atoms with Gasteiger partial charge >= 0.3 is 5.69 Å². The van der Waals surface area contributed by atoms with E-state index in [0.29, 0.717) is 0 Å². The van der Waals surface area contributed by atoms with Crippen molar-refractivity contribution < 1.29 is 25.5 Å². The molecule has 1 aromatic rings. The number of rotatable bonds is 7. The predicted octanol–water partition coefficient (Wildman–Crippen LogP) is 0.388. The minimum Gasteiger partial charge on any atom is -0.414 e. The van der Waals surface area contributed by atoms with Crippen molar-refractivity contribution in [2.75, 3.05) is 32.6 Å². The fourth-order valence-electron chi connectivity index (χ4n) is 2.94. The number of carbonyl (C=O) groups excluding carboxylic acids is 1. The highest BCUT2D eigenvalue weighted by Crippen LogP contribution is 2.40. The molecular formula is C21H34N4O6Si. The second-order valence-corrected chi connectivity index (χ2v) is 14.6. The fourth-order valence-corrected chi connectivity index (χ4v) is 3.94. The van der Waals surface area contributed by atoms with E-state index >= 15 is 0 Å². The Labute approximate surface area is 191 Å². The molecular weight excluding hydrogens is 432 g/mol. The number of nitrogens with one attached hydrogen (secondary N) is 1. The number of likely N-dealkylation sites (N-methyl/N-ethyl adjacent to an activating group) is 1. The summed E-state index contributed by atoms with van der Waals surface area (Å²) < 4.78 is 20.2. The summed E-state index contributed by atoms with van der Waals surface area (Å²) in [5, 5.41) is 24.3. The van der Waals surface area contributed by atoms with Gasteiger partial charge in [-0.2, -0.15) is 4.98 Å². The number of terminal acetylenes is 1. The molecule has 1 unspecified atom stereocenters. The second kappa shape index (κ2) is 9.42. The van der Waals surface area contributed by atoms with Gasteiger partial charge in [0.25, 0.3) is 0 Å². The molecule has 0 aromatic carbocycles. The van der Waals surface area contributed by atoms with Crippen molar-refractivity contribution in [1.82, 2.24) is 14.5 Å². The molecule has 4 atom stereocenters. The van der Waals surface area contributed by atoms with Crippen LogP contribution in [0.4, 0.5) is 5.82 Å². The maximum Gasteiger partial charge on any atom is 0.351 e. The number of aliphatic hydroxyl groups is 2. The number of aromatic nitrogens is 2. The quantitative estimate of drug-likeness (QED) is 0.388. The van der Waals surface area contributed by atoms with Crippen LogP contribution in [-0.4, -0.2) is 83.9 Å². The Morgan fingerprint density at radius 3 is 2.72 bits per heavy atom. The number of anilines is 1. The van der Waals surface area contributed by atoms with Gasteiger partial charge in [-0.15, -0.1) is 6.40 Å². The molecule has 1 fully saturated rings. The molecule has 0 bridgehead atoms. The van der Waals surface area contributed by atoms with Crippen molar-refractivity contribution in [3.63, 3.8) is 0 Å². The lowest BCUT2D eigenvalue weighted by molar-refractivity contribution is -0.116. The zero-order valence-corrected chi connectivity index (χ0v) is 20.7. The molecule has 1 amide bonds. The van der Waals surface area contributed by atoms with Crippen LogP contribution < -0.4 is 11.0 Å². The van der Waals surface area contributed by atoms with E-state index in [9.17, 15) is 19.8 Å². The minimum atomic E-state index is -2.22. The number of aliphatic hydroxyl groups excluding tert-OH is 1. The van der Waals surface area contributed by atoms with Gasteiger partial charge in [-0.3, -0.25) is 9.36 Å². The minimum absolute atomic E-state index is 0.0506. The highest BCUT2D eigenvalue weighted by molar-refractivity contribution is 6.74. The van der Waals surface area contributed by atoms with E-state index < -0.39 is 38.0 Å². The molecule has 1 saturated heterocycles. The van der Waals surface area contributed by atoms with Gasteiger partial charge in [0.05, 0.1) is 13.2 Å². The van der Waals surface area contributed by atoms with Gasteiger partial charge in [-0.05, 0) is 38.3 Å². The standard InChI is InChI=1S/C21H34N4O6Si/c1-9-21(29)14(13-30-32(7,8)20(2,3)4)31-18(17(21)27)25-11-10-15(23-19(25)28)22-16(26)12-24(5)6/h1,10-11,14,17-18,27,29H,12-13H2,2-8H3,(H,22,23,26,28)/t14-,17+,18?,21-/m1/s1/i1D. The maximum absolute atomic E-state index is 12.6. The molecule has 0 spiro atoms. The van der Waals surface area contributed by atoms with Crippen LogP contribution in [0.25, 0.3) is 0 Å². The van der Waals surface area contributed by atoms with Crippen LogP contribution in [0.15, 0.2) is 17.1 Å². The smallest absolute Gasteiger partial charge is 0.351 e. The summed E-state index contributed by atoms with van der Waals surface area (Å²) in [6.45, 7) is 10.3. The average molecular weight is 468 g/mol. The van der Waals surface area contributed by atoms with Gasteiger partial charge in [0.2, 0.25) is 5.91 Å². The van der Waals surface area contributed by atoms with Crippen molar-refractivity contribution in [1.29, 1.82) is 0 Å². The highest BCUT2D eigenvalue weighted by Gasteiger charge is 2.56. The summed E-state index contributed by atoms with van der Waals surface area (Å²) in [4.78, 5) is 30.0. The molecule has 11 heteroatoms. The van der Waals surface area contributed by atoms with Crippen molar-refractivity contribution in [3.05, 3.63) is 22.7 Å². The summed E-state index contributed by atoms with van der Waals surface area (Å²) in [6.07, 6.45) is -0.865. The summed E-state index contributed by atoms with van der Waals surface area (Å²) in [7, 11) is 1.24. The Morgan fingerprint density at radius 2 is 2.19 bits per heavy atom. The third-order valence-corrected chi connectivity index (χ3v) is 10.4. The third-order valence-electron chi connectivity index (χ3n) is 5.95. The van der Waals surface area contributed by atoms with Crippen molar-refractivity contribution in [3.8, 4) is 12.3 Å². The lowest BCUT2D eigenvalue weighted by Crippen LogP contribution is -2.51. The first-order valence-corrected chi connectivity index (χ1v) is 13.2. The van der Waals surface area contributed by atoms with Crippen molar-refractivity contribution in [2.24, 2.45) is 0 Å². The van der Waals surface area contributed by atoms with Crippen LogP contribution in [-0.2, 0) is 14.0 Å². The molecule has 1 aromatic heterocycles. The average Bonchev–Trinajstić information content (AvgIpc) is 2.90. The Kier molecular flexibility index (Phi) is 7.24. The lowest BCUT2D eigenvalue weighted by atomic mass is 9.93. The maximum atomic E-state index is 12.6. The molecule has 178 valence electrons. The number of hydrogen-bond donors (Lipinski definition) is 3. The molecule has 0 radical (unpaired) electrons. The molecule has 0 aliphatic carbocycles. The van der Waals surface area contributed by atoms with Crippen LogP contribution in [0.3, 0.4) is 0 Å². The second-order valence-electron chi connectivity index (χ2n) is 9.77. The molecule has 0 saturated carbocycles. The zero-order valence-electron chi connectivity index (χ0n) is 20.7. The first kappa shape index (κ1) is 24.6. The van der Waals surface area contributed by atoms with Crippen LogP contribution in [0.1, 0.15) is 28.4 Å². The first-order chi connectivity index (χ1) is 15.1. The van der Waals surface area contributed by atoms with Crippen LogP contribution in [0, 0.1) is 12.3 Å². The molecule has 32 heavy (non-hydrogen) atoms. The normalized spacial score (nSPS) is 26.4. The topological polar surface area (TPSA) is 126 Å². The van der Waals surface area contributed by atoms with Crippen LogP contribution >= 0.6 is 0 Å². The van der Waals surface area contributed by atoms with E-state index in [0.717, 1.165) is 4.57 Å². The summed E-state index contributed by atoms with van der Waals surface area (Å²) in [5.74, 6) is 2.01. The molecule has 10 nitrogen and oxygen atoms in total. The van der Waals surface area contributed by atoms with Crippen molar-refractivity contribution in [2.45, 2.75) is 62.9 Å². The van der Waals surface area contributed by atoms with E-state index in [1.54, 1.807) is 19.0 Å². The lowest BCUT2D eigenvalue weighted by Gasteiger charge is -2.37. The third kappa shape index (κ3) is 5.45. The molecule has 2 heterocycles. The fraction of sp³-hybridized carbons (Fsp3) is 0.667. The molecule has 1 aliphatic rings. The SMILES string of the molecule is [2H]C#C[C@@]1(O)[C@@H](CO[Si](C)(C)C(C)(C)C)OC(n2ccc(NC(=O)CN(C)C)nc2=O)[C@@H]1O. The molecule has 2 rings (SSSR count). The summed E-state index contributed by atoms with van der Waals surface area (Å²) in [6, 6.07) is 1.39. The predicted molar refractivity (Wildman–Crippen MR) is 123 cm³/mol. The Hall–Kier alpha value is -2.07. The zero-order chi connectivity index (χ0) is 25.2. The summed E-state index contributed by atoms with van der Waals surface area (Å²) >= 11 is 0. The van der Waals surface area contributed by atoms with Crippen molar-refractivity contribution >= 4 is 20.0 Å². The van der Waals surface area contributed by atoms with E-state index in [1.807, 2.05) is 19.5 Å². The van der Waals surface area contributed by atoms with E-state index in [-0.39, 0.29) is 29.9 Å². The first-order valence-electron chi connectivity index (χ1n) is 10.8. The van der Waals surface area contributed by atoms with E-state index in [1.165, 1.54) is 12.3 Å². The number of ether oxygens (including phenoxy) is 1. The molecule has 3 N–H and O–H groups in total. The Bertz CT molecular complexity index is 983. The number of hydrogen-bond acceptors (Lipinski definition) is 8. The van der Waals surface area contributed by atoms with Gasteiger partial charge in [-0.1, -0.05) is 26.7 Å².